The van der Waals surface area contributed by atoms with Gasteiger partial charge in [-0.25, -0.2) is 4.79 Å². The van der Waals surface area contributed by atoms with Gasteiger partial charge in [0.15, 0.2) is 0 Å². The number of aromatic nitrogens is 3. The predicted octanol–water partition coefficient (Wildman–Crippen LogP) is 3.42. The van der Waals surface area contributed by atoms with Crippen molar-refractivity contribution in [2.24, 2.45) is 5.29 Å². The fourth-order valence-corrected chi connectivity index (χ4v) is 4.12. The van der Waals surface area contributed by atoms with Crippen LogP contribution in [0.3, 0.4) is 0 Å². The van der Waals surface area contributed by atoms with Crippen LogP contribution in [0.15, 0.2) is 42.1 Å². The molecule has 0 saturated carbocycles. The van der Waals surface area contributed by atoms with Crippen LogP contribution < -0.4 is 15.1 Å². The molecule has 0 bridgehead atoms. The fraction of sp³-hybridized carbons (Fsp3) is 0.385. The van der Waals surface area contributed by atoms with Crippen molar-refractivity contribution >= 4 is 64.8 Å². The second-order valence-corrected chi connectivity index (χ2v) is 10.2. The summed E-state index contributed by atoms with van der Waals surface area (Å²) in [5.41, 5.74) is 1.90. The number of alkyl halides is 1. The van der Waals surface area contributed by atoms with E-state index in [4.69, 9.17) is 11.6 Å². The molecular weight excluding hydrogens is 603 g/mol. The maximum Gasteiger partial charge on any atom is 0.344 e. The van der Waals surface area contributed by atoms with Crippen LogP contribution in [0.5, 0.6) is 0 Å². The Bertz CT molecular complexity index is 1420. The van der Waals surface area contributed by atoms with Crippen LogP contribution in [0.2, 0.25) is 0 Å². The van der Waals surface area contributed by atoms with E-state index in [1.807, 2.05) is 14.1 Å². The van der Waals surface area contributed by atoms with Crippen LogP contribution in [0, 0.1) is 4.91 Å². The standard InChI is InChI=1S/C26H35ClN10O5.ClH/c1-33(2)8-6-9-34(3)23(38)21-12-18(15-29-21)36(5)25(40)22-13-19(16-30-22)35(4)24(39)20-11-17(14-28-20)31-26(41)37(32-42)10-7-27;/h11-16,28-30H,6-10H2,1-5H3,(H,31,41);1H. The first-order valence-electron chi connectivity index (χ1n) is 13.0. The number of urea groups is 1. The summed E-state index contributed by atoms with van der Waals surface area (Å²) in [6, 6.07) is 3.75. The SMILES string of the molecule is CN(C)CCCN(C)C(=O)c1cc(N(C)C(=O)c2cc(N(C)C(=O)c3cc(NC(=O)N(CCCl)N=O)c[nH]3)c[nH]2)c[nH]1.Cl. The van der Waals surface area contributed by atoms with Crippen molar-refractivity contribution in [3.8, 4) is 0 Å². The number of H-pyrrole nitrogens is 3. The first-order chi connectivity index (χ1) is 20.0. The van der Waals surface area contributed by atoms with Crippen LogP contribution in [0.25, 0.3) is 0 Å². The zero-order valence-corrected chi connectivity index (χ0v) is 26.1. The lowest BCUT2D eigenvalue weighted by molar-refractivity contribution is 0.0785. The fourth-order valence-electron chi connectivity index (χ4n) is 3.96. The van der Waals surface area contributed by atoms with E-state index < -0.39 is 11.9 Å². The minimum Gasteiger partial charge on any atom is -0.355 e. The number of hydrogen-bond donors (Lipinski definition) is 4. The molecule has 17 heteroatoms. The van der Waals surface area contributed by atoms with Gasteiger partial charge in [0, 0.05) is 52.2 Å². The molecule has 0 fully saturated rings. The van der Waals surface area contributed by atoms with E-state index in [0.29, 0.717) is 28.6 Å². The number of anilines is 3. The molecule has 3 aromatic rings. The average Bonchev–Trinajstić information content (AvgIpc) is 3.75. The molecule has 0 atom stereocenters. The van der Waals surface area contributed by atoms with Crippen molar-refractivity contribution in [3.05, 3.63) is 58.8 Å². The molecule has 0 radical (unpaired) electrons. The highest BCUT2D eigenvalue weighted by molar-refractivity contribution is 6.18. The van der Waals surface area contributed by atoms with Crippen molar-refractivity contribution in [2.75, 3.05) is 75.9 Å². The van der Waals surface area contributed by atoms with Crippen LogP contribution in [0.1, 0.15) is 37.9 Å². The minimum atomic E-state index is -0.791. The topological polar surface area (TPSA) is 173 Å². The second-order valence-electron chi connectivity index (χ2n) is 9.78. The number of carbonyl (C=O) groups is 4. The monoisotopic (exact) mass is 638 g/mol. The second kappa shape index (κ2) is 15.8. The molecular formula is C26H36Cl2N10O5. The molecule has 3 aromatic heterocycles. The van der Waals surface area contributed by atoms with Crippen molar-refractivity contribution in [1.82, 2.24) is 29.8 Å². The van der Waals surface area contributed by atoms with Gasteiger partial charge in [0.25, 0.3) is 17.7 Å². The highest BCUT2D eigenvalue weighted by Gasteiger charge is 2.23. The molecule has 0 aromatic carbocycles. The number of hydrogen-bond acceptors (Lipinski definition) is 7. The van der Waals surface area contributed by atoms with E-state index in [2.05, 4.69) is 30.5 Å². The van der Waals surface area contributed by atoms with Gasteiger partial charge < -0.3 is 39.9 Å². The Labute approximate surface area is 259 Å². The summed E-state index contributed by atoms with van der Waals surface area (Å²) >= 11 is 5.55. The number of rotatable bonds is 13. The lowest BCUT2D eigenvalue weighted by Gasteiger charge is -2.18. The molecule has 0 aliphatic carbocycles. The Morgan fingerprint density at radius 3 is 1.79 bits per heavy atom. The number of nitroso groups, excluding NO2 is 1. The lowest BCUT2D eigenvalue weighted by atomic mass is 10.3. The van der Waals surface area contributed by atoms with Gasteiger partial charge in [-0.2, -0.15) is 5.01 Å². The smallest absolute Gasteiger partial charge is 0.344 e. The van der Waals surface area contributed by atoms with Crippen molar-refractivity contribution in [2.45, 2.75) is 6.42 Å². The summed E-state index contributed by atoms with van der Waals surface area (Å²) in [6.07, 6.45) is 5.32. The third-order valence-corrected chi connectivity index (χ3v) is 6.59. The van der Waals surface area contributed by atoms with Crippen LogP contribution in [-0.4, -0.2) is 114 Å². The molecule has 43 heavy (non-hydrogen) atoms. The minimum absolute atomic E-state index is 0. The largest absolute Gasteiger partial charge is 0.355 e. The molecule has 3 rings (SSSR count). The number of nitrogens with one attached hydrogen (secondary N) is 4. The normalized spacial score (nSPS) is 10.6. The Kier molecular flexibility index (Phi) is 12.8. The maximum atomic E-state index is 13.2. The summed E-state index contributed by atoms with van der Waals surface area (Å²) in [5.74, 6) is -0.979. The van der Waals surface area contributed by atoms with E-state index >= 15 is 0 Å². The Hall–Kier alpha value is -4.34. The predicted molar refractivity (Wildman–Crippen MR) is 167 cm³/mol. The number of amides is 5. The van der Waals surface area contributed by atoms with Crippen molar-refractivity contribution < 1.29 is 19.2 Å². The lowest BCUT2D eigenvalue weighted by Crippen LogP contribution is -2.31. The summed E-state index contributed by atoms with van der Waals surface area (Å²) in [6.45, 7) is 1.39. The van der Waals surface area contributed by atoms with Gasteiger partial charge in [-0.1, -0.05) is 0 Å². The molecule has 15 nitrogen and oxygen atoms in total. The maximum absolute atomic E-state index is 13.2. The van der Waals surface area contributed by atoms with Gasteiger partial charge in [0.1, 0.15) is 17.1 Å². The summed E-state index contributed by atoms with van der Waals surface area (Å²) in [5, 5.41) is 5.69. The first kappa shape index (κ1) is 34.9. The van der Waals surface area contributed by atoms with Gasteiger partial charge >= 0.3 is 6.03 Å². The molecule has 0 spiro atoms. The van der Waals surface area contributed by atoms with Gasteiger partial charge in [-0.3, -0.25) is 14.4 Å². The van der Waals surface area contributed by atoms with Gasteiger partial charge in [-0.05, 0) is 45.3 Å². The number of nitrogens with zero attached hydrogens (tertiary/aromatic N) is 6. The van der Waals surface area contributed by atoms with Gasteiger partial charge in [0.2, 0.25) is 0 Å². The highest BCUT2D eigenvalue weighted by Crippen LogP contribution is 2.22. The summed E-state index contributed by atoms with van der Waals surface area (Å²) < 4.78 is 0. The number of carbonyl (C=O) groups excluding carboxylic acids is 4. The van der Waals surface area contributed by atoms with E-state index in [-0.39, 0.29) is 53.7 Å². The Morgan fingerprint density at radius 1 is 0.767 bits per heavy atom. The Morgan fingerprint density at radius 2 is 1.28 bits per heavy atom. The van der Waals surface area contributed by atoms with Crippen LogP contribution in [-0.2, 0) is 0 Å². The first-order valence-corrected chi connectivity index (χ1v) is 13.5. The van der Waals surface area contributed by atoms with Gasteiger partial charge in [0.05, 0.1) is 28.9 Å². The molecule has 0 aliphatic rings. The van der Waals surface area contributed by atoms with Crippen LogP contribution in [0.4, 0.5) is 21.9 Å². The van der Waals surface area contributed by atoms with Crippen molar-refractivity contribution in [3.63, 3.8) is 0 Å². The molecule has 0 saturated heterocycles. The molecule has 5 amide bonds. The highest BCUT2D eigenvalue weighted by atomic mass is 35.5. The van der Waals surface area contributed by atoms with Crippen LogP contribution >= 0.6 is 24.0 Å². The zero-order chi connectivity index (χ0) is 31.0. The Balaban J connectivity index is 0.00000645. The molecule has 0 aliphatic heterocycles. The zero-order valence-electron chi connectivity index (χ0n) is 24.5. The van der Waals surface area contributed by atoms with E-state index in [0.717, 1.165) is 13.0 Å². The third kappa shape index (κ3) is 8.83. The third-order valence-electron chi connectivity index (χ3n) is 6.42. The van der Waals surface area contributed by atoms with E-state index in [9.17, 15) is 24.1 Å². The number of aromatic amines is 3. The van der Waals surface area contributed by atoms with Crippen molar-refractivity contribution in [1.29, 1.82) is 0 Å². The molecule has 234 valence electrons. The summed E-state index contributed by atoms with van der Waals surface area (Å²) in [4.78, 5) is 76.8. The molecule has 0 unspecified atom stereocenters. The number of halogens is 2. The molecule has 3 heterocycles. The van der Waals surface area contributed by atoms with E-state index in [1.165, 1.54) is 41.4 Å². The quantitative estimate of drug-likeness (QED) is 0.127. The summed E-state index contributed by atoms with van der Waals surface area (Å²) in [7, 11) is 8.80. The average molecular weight is 640 g/mol. The molecule has 4 N–H and O–H groups in total. The van der Waals surface area contributed by atoms with Gasteiger partial charge in [-0.15, -0.1) is 28.9 Å². The van der Waals surface area contributed by atoms with E-state index in [1.54, 1.807) is 31.3 Å².